The Morgan fingerprint density at radius 1 is 1.38 bits per heavy atom. The number of nitrogens with zero attached hydrogens (tertiary/aromatic N) is 1. The van der Waals surface area contributed by atoms with E-state index in [0.717, 1.165) is 13.1 Å². The second kappa shape index (κ2) is 4.39. The Bertz CT molecular complexity index is 245. The maximum atomic E-state index is 11.8. The summed E-state index contributed by atoms with van der Waals surface area (Å²) >= 11 is 0. The van der Waals surface area contributed by atoms with Gasteiger partial charge in [-0.15, -0.1) is 0 Å². The summed E-state index contributed by atoms with van der Waals surface area (Å²) < 4.78 is 25.2. The normalized spacial score (nSPS) is 22.9. The van der Waals surface area contributed by atoms with Gasteiger partial charge in [0.15, 0.2) is 0 Å². The minimum absolute atomic E-state index is 0.245. The molecular weight excluding hydrogens is 188 g/mol. The Kier molecular flexibility index (Phi) is 3.70. The molecule has 0 amide bonds. The highest BCUT2D eigenvalue weighted by Crippen LogP contribution is 2.12. The molecule has 1 atom stereocenters. The molecule has 78 valence electrons. The number of sulfonamides is 1. The van der Waals surface area contributed by atoms with Crippen LogP contribution in [0, 0.1) is 0 Å². The van der Waals surface area contributed by atoms with Crippen LogP contribution in [0.3, 0.4) is 0 Å². The second-order valence-corrected chi connectivity index (χ2v) is 5.76. The Balaban J connectivity index is 2.67. The first-order valence-electron chi connectivity index (χ1n) is 4.78. The summed E-state index contributed by atoms with van der Waals surface area (Å²) in [5, 5.41) is 2.89. The highest BCUT2D eigenvalue weighted by molar-refractivity contribution is 7.89. The number of hydrogen-bond donors (Lipinski definition) is 1. The smallest absolute Gasteiger partial charge is 0.216 e. The van der Waals surface area contributed by atoms with Crippen molar-refractivity contribution in [3.8, 4) is 0 Å². The van der Waals surface area contributed by atoms with E-state index >= 15 is 0 Å². The van der Waals surface area contributed by atoms with Crippen molar-refractivity contribution in [2.75, 3.05) is 26.2 Å². The monoisotopic (exact) mass is 206 g/mol. The number of nitrogens with one attached hydrogen (secondary N) is 1. The Morgan fingerprint density at radius 3 is 2.38 bits per heavy atom. The van der Waals surface area contributed by atoms with E-state index in [1.807, 2.05) is 6.92 Å². The fraction of sp³-hybridized carbons (Fsp3) is 1.00. The van der Waals surface area contributed by atoms with E-state index in [2.05, 4.69) is 5.32 Å². The molecule has 5 heteroatoms. The largest absolute Gasteiger partial charge is 0.314 e. The maximum Gasteiger partial charge on any atom is 0.216 e. The van der Waals surface area contributed by atoms with Gasteiger partial charge in [-0.2, -0.15) is 4.31 Å². The quantitative estimate of drug-likeness (QED) is 0.708. The lowest BCUT2D eigenvalue weighted by Gasteiger charge is -2.28. The fourth-order valence-corrected chi connectivity index (χ4v) is 2.99. The van der Waals surface area contributed by atoms with Crippen LogP contribution in [0.4, 0.5) is 0 Å². The van der Waals surface area contributed by atoms with Crippen LogP contribution in [0.25, 0.3) is 0 Å². The minimum atomic E-state index is -3.02. The SMILES string of the molecule is CCC(C)S(=O)(=O)N1CCNCC1. The zero-order chi connectivity index (χ0) is 9.90. The number of hydrogen-bond acceptors (Lipinski definition) is 3. The molecule has 1 aliphatic rings. The Labute approximate surface area is 80.4 Å². The van der Waals surface area contributed by atoms with Gasteiger partial charge in [-0.1, -0.05) is 6.92 Å². The van der Waals surface area contributed by atoms with E-state index < -0.39 is 10.0 Å². The summed E-state index contributed by atoms with van der Waals surface area (Å²) in [6.07, 6.45) is 0.687. The molecule has 1 aliphatic heterocycles. The highest BCUT2D eigenvalue weighted by Gasteiger charge is 2.28. The van der Waals surface area contributed by atoms with Crippen LogP contribution >= 0.6 is 0 Å². The number of rotatable bonds is 3. The van der Waals surface area contributed by atoms with Crippen LogP contribution in [-0.2, 0) is 10.0 Å². The van der Waals surface area contributed by atoms with Crippen molar-refractivity contribution < 1.29 is 8.42 Å². The molecular formula is C8H18N2O2S. The van der Waals surface area contributed by atoms with Gasteiger partial charge < -0.3 is 5.32 Å². The molecule has 0 aromatic heterocycles. The van der Waals surface area contributed by atoms with Gasteiger partial charge in [0, 0.05) is 26.2 Å². The van der Waals surface area contributed by atoms with Gasteiger partial charge >= 0.3 is 0 Å². The van der Waals surface area contributed by atoms with E-state index in [1.54, 1.807) is 11.2 Å². The topological polar surface area (TPSA) is 49.4 Å². The van der Waals surface area contributed by atoms with Crippen molar-refractivity contribution in [1.29, 1.82) is 0 Å². The maximum absolute atomic E-state index is 11.8. The van der Waals surface area contributed by atoms with E-state index in [9.17, 15) is 8.42 Å². The highest BCUT2D eigenvalue weighted by atomic mass is 32.2. The van der Waals surface area contributed by atoms with Gasteiger partial charge in [0.2, 0.25) is 10.0 Å². The third-order valence-corrected chi connectivity index (χ3v) is 4.95. The second-order valence-electron chi connectivity index (χ2n) is 3.41. The predicted molar refractivity (Wildman–Crippen MR) is 53.1 cm³/mol. The summed E-state index contributed by atoms with van der Waals surface area (Å²) in [4.78, 5) is 0. The van der Waals surface area contributed by atoms with Crippen molar-refractivity contribution in [2.24, 2.45) is 0 Å². The summed E-state index contributed by atoms with van der Waals surface area (Å²) in [6.45, 7) is 6.46. The molecule has 13 heavy (non-hydrogen) atoms. The van der Waals surface area contributed by atoms with Gasteiger partial charge in [0.05, 0.1) is 5.25 Å². The Morgan fingerprint density at radius 2 is 1.92 bits per heavy atom. The van der Waals surface area contributed by atoms with Gasteiger partial charge in [-0.3, -0.25) is 0 Å². The van der Waals surface area contributed by atoms with E-state index in [-0.39, 0.29) is 5.25 Å². The van der Waals surface area contributed by atoms with E-state index in [0.29, 0.717) is 19.5 Å². The first-order valence-corrected chi connectivity index (χ1v) is 6.29. The van der Waals surface area contributed by atoms with Crippen molar-refractivity contribution in [2.45, 2.75) is 25.5 Å². The van der Waals surface area contributed by atoms with Gasteiger partial charge in [0.1, 0.15) is 0 Å². The van der Waals surface area contributed by atoms with Crippen LogP contribution in [-0.4, -0.2) is 44.2 Å². The molecule has 1 unspecified atom stereocenters. The summed E-state index contributed by atoms with van der Waals surface area (Å²) in [5.74, 6) is 0. The molecule has 0 spiro atoms. The number of piperazine rings is 1. The molecule has 1 heterocycles. The van der Waals surface area contributed by atoms with Crippen molar-refractivity contribution in [1.82, 2.24) is 9.62 Å². The molecule has 1 rings (SSSR count). The standard InChI is InChI=1S/C8H18N2O2S/c1-3-8(2)13(11,12)10-6-4-9-5-7-10/h8-9H,3-7H2,1-2H3. The molecule has 0 saturated carbocycles. The fourth-order valence-electron chi connectivity index (χ4n) is 1.36. The molecule has 0 aromatic carbocycles. The van der Waals surface area contributed by atoms with Crippen molar-refractivity contribution in [3.63, 3.8) is 0 Å². The predicted octanol–water partition coefficient (Wildman–Crippen LogP) is 0.0199. The van der Waals surface area contributed by atoms with E-state index in [1.165, 1.54) is 0 Å². The molecule has 1 saturated heterocycles. The average Bonchev–Trinajstić information content (AvgIpc) is 2.18. The third-order valence-electron chi connectivity index (χ3n) is 2.52. The zero-order valence-corrected chi connectivity index (χ0v) is 9.10. The lowest BCUT2D eigenvalue weighted by Crippen LogP contribution is -2.48. The van der Waals surface area contributed by atoms with Gasteiger partial charge in [-0.25, -0.2) is 8.42 Å². The molecule has 0 radical (unpaired) electrons. The van der Waals surface area contributed by atoms with Crippen LogP contribution < -0.4 is 5.32 Å². The van der Waals surface area contributed by atoms with Crippen LogP contribution in [0.1, 0.15) is 20.3 Å². The molecule has 1 N–H and O–H groups in total. The average molecular weight is 206 g/mol. The molecule has 0 bridgehead atoms. The van der Waals surface area contributed by atoms with Crippen LogP contribution in [0.5, 0.6) is 0 Å². The van der Waals surface area contributed by atoms with Gasteiger partial charge in [-0.05, 0) is 13.3 Å². The lowest BCUT2D eigenvalue weighted by molar-refractivity contribution is 0.355. The molecule has 1 fully saturated rings. The zero-order valence-electron chi connectivity index (χ0n) is 8.28. The molecule has 0 aromatic rings. The minimum Gasteiger partial charge on any atom is -0.314 e. The van der Waals surface area contributed by atoms with E-state index in [4.69, 9.17) is 0 Å². The lowest BCUT2D eigenvalue weighted by atomic mass is 10.4. The third kappa shape index (κ3) is 2.42. The molecule has 4 nitrogen and oxygen atoms in total. The first-order chi connectivity index (χ1) is 6.09. The first kappa shape index (κ1) is 10.9. The van der Waals surface area contributed by atoms with Crippen molar-refractivity contribution in [3.05, 3.63) is 0 Å². The molecule has 0 aliphatic carbocycles. The van der Waals surface area contributed by atoms with Crippen LogP contribution in [0.2, 0.25) is 0 Å². The summed E-state index contributed by atoms with van der Waals surface area (Å²) in [6, 6.07) is 0. The van der Waals surface area contributed by atoms with Crippen molar-refractivity contribution >= 4 is 10.0 Å². The summed E-state index contributed by atoms with van der Waals surface area (Å²) in [5.41, 5.74) is 0. The van der Waals surface area contributed by atoms with Gasteiger partial charge in [0.25, 0.3) is 0 Å². The Hall–Kier alpha value is -0.130. The van der Waals surface area contributed by atoms with Crippen LogP contribution in [0.15, 0.2) is 0 Å². The summed E-state index contributed by atoms with van der Waals surface area (Å²) in [7, 11) is -3.02.